The fourth-order valence-corrected chi connectivity index (χ4v) is 4.64. The van der Waals surface area contributed by atoms with Crippen LogP contribution in [0.15, 0.2) is 11.2 Å². The highest BCUT2D eigenvalue weighted by Gasteiger charge is 2.59. The smallest absolute Gasteiger partial charge is 0.191 e. The second kappa shape index (κ2) is 7.83. The number of hydrogen-bond acceptors (Lipinski definition) is 4. The molecule has 3 rings (SSSR count). The molecule has 2 N–H and O–H groups in total. The molecule has 0 amide bonds. The maximum atomic E-state index is 5.94. The van der Waals surface area contributed by atoms with Crippen LogP contribution in [0.4, 0.5) is 0 Å². The van der Waals surface area contributed by atoms with E-state index in [0.29, 0.717) is 24.1 Å². The topological polar surface area (TPSA) is 58.5 Å². The highest BCUT2D eigenvalue weighted by Crippen LogP contribution is 2.57. The van der Waals surface area contributed by atoms with Gasteiger partial charge in [0.2, 0.25) is 0 Å². The minimum Gasteiger partial charge on any atom is -0.378 e. The van der Waals surface area contributed by atoms with Crippen LogP contribution in [0.3, 0.4) is 0 Å². The number of ether oxygens (including phenoxy) is 1. The third kappa shape index (κ3) is 3.45. The van der Waals surface area contributed by atoms with Crippen LogP contribution in [0.1, 0.15) is 56.3 Å². The van der Waals surface area contributed by atoms with Crippen molar-refractivity contribution in [1.29, 1.82) is 0 Å². The van der Waals surface area contributed by atoms with Gasteiger partial charge in [0.05, 0.1) is 12.6 Å². The molecule has 6 heteroatoms. The number of hydrogen-bond donors (Lipinski definition) is 2. The van der Waals surface area contributed by atoms with Crippen LogP contribution in [0.2, 0.25) is 0 Å². The number of guanidine groups is 1. The second-order valence-corrected chi connectivity index (χ2v) is 7.93. The number of aliphatic imine (C=N–C) groups is 1. The van der Waals surface area contributed by atoms with Crippen LogP contribution in [-0.2, 0) is 17.7 Å². The molecule has 0 aliphatic heterocycles. The monoisotopic (exact) mass is 350 g/mol. The molecule has 5 nitrogen and oxygen atoms in total. The summed E-state index contributed by atoms with van der Waals surface area (Å²) in [5.41, 5.74) is 0.350. The molecule has 2 saturated carbocycles. The largest absolute Gasteiger partial charge is 0.378 e. The van der Waals surface area contributed by atoms with Crippen molar-refractivity contribution >= 4 is 17.3 Å². The van der Waals surface area contributed by atoms with E-state index in [-0.39, 0.29) is 0 Å². The van der Waals surface area contributed by atoms with Gasteiger partial charge < -0.3 is 15.4 Å². The highest BCUT2D eigenvalue weighted by molar-refractivity contribution is 7.11. The number of aromatic nitrogens is 1. The zero-order valence-electron chi connectivity index (χ0n) is 15.1. The third-order valence-corrected chi connectivity index (χ3v) is 6.54. The van der Waals surface area contributed by atoms with Crippen LogP contribution < -0.4 is 10.6 Å². The number of aryl methyl sites for hydroxylation is 1. The van der Waals surface area contributed by atoms with Gasteiger partial charge in [-0.25, -0.2) is 9.98 Å². The van der Waals surface area contributed by atoms with E-state index in [1.165, 1.54) is 24.1 Å². The minimum atomic E-state index is 0.350. The Labute approximate surface area is 149 Å². The van der Waals surface area contributed by atoms with Crippen molar-refractivity contribution in [2.75, 3.05) is 13.2 Å². The van der Waals surface area contributed by atoms with Crippen LogP contribution >= 0.6 is 11.3 Å². The molecule has 2 atom stereocenters. The summed E-state index contributed by atoms with van der Waals surface area (Å²) in [6.07, 6.45) is 8.43. The predicted molar refractivity (Wildman–Crippen MR) is 99.5 cm³/mol. The lowest BCUT2D eigenvalue weighted by molar-refractivity contribution is -0.168. The molecule has 0 radical (unpaired) electrons. The number of rotatable bonds is 7. The van der Waals surface area contributed by atoms with Gasteiger partial charge in [-0.1, -0.05) is 13.3 Å². The van der Waals surface area contributed by atoms with Gasteiger partial charge in [0.1, 0.15) is 5.01 Å². The van der Waals surface area contributed by atoms with Gasteiger partial charge in [0.25, 0.3) is 0 Å². The van der Waals surface area contributed by atoms with Crippen molar-refractivity contribution < 1.29 is 4.74 Å². The first-order valence-corrected chi connectivity index (χ1v) is 10.1. The summed E-state index contributed by atoms with van der Waals surface area (Å²) in [6.45, 7) is 8.70. The van der Waals surface area contributed by atoms with Crippen molar-refractivity contribution in [3.63, 3.8) is 0 Å². The molecule has 0 bridgehead atoms. The SMILES string of the molecule is CCNC(=NCc1ncc(CC)s1)NC1CC(OCC)C12CCC2. The molecule has 1 spiro atoms. The maximum absolute atomic E-state index is 5.94. The molecule has 0 aromatic carbocycles. The average Bonchev–Trinajstić information content (AvgIpc) is 2.98. The number of nitrogens with zero attached hydrogens (tertiary/aromatic N) is 2. The van der Waals surface area contributed by atoms with E-state index in [1.807, 2.05) is 6.20 Å². The Morgan fingerprint density at radius 3 is 2.83 bits per heavy atom. The first kappa shape index (κ1) is 17.7. The second-order valence-electron chi connectivity index (χ2n) is 6.73. The Bertz CT molecular complexity index is 567. The van der Waals surface area contributed by atoms with Gasteiger partial charge in [0, 0.05) is 35.7 Å². The average molecular weight is 351 g/mol. The molecular weight excluding hydrogens is 320 g/mol. The highest BCUT2D eigenvalue weighted by atomic mass is 32.1. The maximum Gasteiger partial charge on any atom is 0.191 e. The first-order valence-electron chi connectivity index (χ1n) is 9.31. The lowest BCUT2D eigenvalue weighted by Gasteiger charge is -2.61. The van der Waals surface area contributed by atoms with Crippen molar-refractivity contribution in [2.24, 2.45) is 10.4 Å². The van der Waals surface area contributed by atoms with Gasteiger partial charge in [0.15, 0.2) is 5.96 Å². The molecule has 1 aromatic rings. The zero-order chi connectivity index (χ0) is 17.0. The van der Waals surface area contributed by atoms with Crippen LogP contribution in [-0.4, -0.2) is 36.2 Å². The summed E-state index contributed by atoms with van der Waals surface area (Å²) in [4.78, 5) is 10.5. The fraction of sp³-hybridized carbons (Fsp3) is 0.778. The zero-order valence-corrected chi connectivity index (χ0v) is 15.9. The summed E-state index contributed by atoms with van der Waals surface area (Å²) < 4.78 is 5.94. The van der Waals surface area contributed by atoms with Crippen molar-refractivity contribution in [3.05, 3.63) is 16.1 Å². The lowest BCUT2D eigenvalue weighted by atomic mass is 9.51. The third-order valence-electron chi connectivity index (χ3n) is 5.41. The Hall–Kier alpha value is -1.14. The number of nitrogens with one attached hydrogen (secondary N) is 2. The van der Waals surface area contributed by atoms with Gasteiger partial charge in [-0.15, -0.1) is 11.3 Å². The van der Waals surface area contributed by atoms with E-state index >= 15 is 0 Å². The summed E-state index contributed by atoms with van der Waals surface area (Å²) in [6, 6.07) is 0.489. The summed E-state index contributed by atoms with van der Waals surface area (Å²) in [5, 5.41) is 8.13. The standard InChI is InChI=1S/C18H30N4OS/c1-4-13-11-20-16(24-13)12-21-17(19-5-2)22-14-10-15(23-6-3)18(14)8-7-9-18/h11,14-15H,4-10,12H2,1-3H3,(H2,19,21,22). The van der Waals surface area contributed by atoms with Crippen molar-refractivity contribution in [3.8, 4) is 0 Å². The Balaban J connectivity index is 1.60. The molecule has 1 heterocycles. The van der Waals surface area contributed by atoms with E-state index in [0.717, 1.165) is 37.0 Å². The van der Waals surface area contributed by atoms with Crippen LogP contribution in [0.5, 0.6) is 0 Å². The molecule has 1 aromatic heterocycles. The molecule has 24 heavy (non-hydrogen) atoms. The van der Waals surface area contributed by atoms with Crippen LogP contribution in [0.25, 0.3) is 0 Å². The normalized spacial score (nSPS) is 25.2. The molecule has 2 aliphatic carbocycles. The van der Waals surface area contributed by atoms with Gasteiger partial charge in [-0.3, -0.25) is 0 Å². The fourth-order valence-electron chi connectivity index (χ4n) is 3.86. The summed E-state index contributed by atoms with van der Waals surface area (Å²) in [7, 11) is 0. The first-order chi connectivity index (χ1) is 11.7. The Morgan fingerprint density at radius 1 is 1.42 bits per heavy atom. The van der Waals surface area contributed by atoms with E-state index in [9.17, 15) is 0 Å². The van der Waals surface area contributed by atoms with Gasteiger partial charge in [-0.05, 0) is 39.5 Å². The lowest BCUT2D eigenvalue weighted by Crippen LogP contribution is -2.68. The molecule has 2 fully saturated rings. The molecule has 2 unspecified atom stereocenters. The molecular formula is C18H30N4OS. The van der Waals surface area contributed by atoms with Crippen molar-refractivity contribution in [2.45, 2.75) is 71.6 Å². The van der Waals surface area contributed by atoms with Gasteiger partial charge >= 0.3 is 0 Å². The molecule has 134 valence electrons. The number of thiazole rings is 1. The molecule has 2 aliphatic rings. The van der Waals surface area contributed by atoms with Crippen LogP contribution in [0, 0.1) is 5.41 Å². The van der Waals surface area contributed by atoms with E-state index in [4.69, 9.17) is 9.73 Å². The van der Waals surface area contributed by atoms with Gasteiger partial charge in [-0.2, -0.15) is 0 Å². The quantitative estimate of drug-likeness (QED) is 0.586. The Morgan fingerprint density at radius 2 is 2.25 bits per heavy atom. The summed E-state index contributed by atoms with van der Waals surface area (Å²) >= 11 is 1.76. The minimum absolute atomic E-state index is 0.350. The molecule has 0 saturated heterocycles. The predicted octanol–water partition coefficient (Wildman–Crippen LogP) is 3.11. The summed E-state index contributed by atoms with van der Waals surface area (Å²) in [5.74, 6) is 0.914. The van der Waals surface area contributed by atoms with E-state index < -0.39 is 0 Å². The van der Waals surface area contributed by atoms with E-state index in [1.54, 1.807) is 11.3 Å². The Kier molecular flexibility index (Phi) is 5.76. The van der Waals surface area contributed by atoms with Crippen molar-refractivity contribution in [1.82, 2.24) is 15.6 Å². The van der Waals surface area contributed by atoms with E-state index in [2.05, 4.69) is 36.4 Å².